The fraction of sp³-hybridized carbons (Fsp3) is 0.281. The monoisotopic (exact) mass is 465 g/mol. The topological polar surface area (TPSA) is 29.5 Å². The standard InChI is InChI=1S/C32H35NO2/c1-5-13-29-21-32(4,24(2)22-33(29)31(34)25(3)27-16-10-7-11-17-27)28-18-12-19-30(20-28)35-23-26-14-8-6-9-15-26/h5-12,14-20,24,29H,1,3,13,21-23H2,2,4H3/t24?,29?,32-/m1/s1. The maximum absolute atomic E-state index is 13.5. The molecule has 0 aliphatic carbocycles. The second kappa shape index (κ2) is 10.8. The Labute approximate surface area is 209 Å². The third-order valence-corrected chi connectivity index (χ3v) is 7.48. The number of hydrogen-bond donors (Lipinski definition) is 0. The highest BCUT2D eigenvalue weighted by atomic mass is 16.5. The Morgan fingerprint density at radius 1 is 1.06 bits per heavy atom. The van der Waals surface area contributed by atoms with Gasteiger partial charge >= 0.3 is 0 Å². The van der Waals surface area contributed by atoms with Crippen LogP contribution in [0.15, 0.2) is 104 Å². The van der Waals surface area contributed by atoms with Crippen LogP contribution in [0.4, 0.5) is 0 Å². The average Bonchev–Trinajstić information content (AvgIpc) is 2.90. The van der Waals surface area contributed by atoms with Gasteiger partial charge in [0.25, 0.3) is 5.91 Å². The third kappa shape index (κ3) is 5.40. The first-order valence-electron chi connectivity index (χ1n) is 12.4. The number of carbonyl (C=O) groups is 1. The van der Waals surface area contributed by atoms with E-state index in [-0.39, 0.29) is 23.3 Å². The first kappa shape index (κ1) is 24.5. The van der Waals surface area contributed by atoms with Crippen molar-refractivity contribution < 1.29 is 9.53 Å². The van der Waals surface area contributed by atoms with Gasteiger partial charge in [-0.2, -0.15) is 0 Å². The van der Waals surface area contributed by atoms with E-state index in [1.54, 1.807) is 0 Å². The summed E-state index contributed by atoms with van der Waals surface area (Å²) in [6.07, 6.45) is 3.53. The van der Waals surface area contributed by atoms with Gasteiger partial charge in [-0.3, -0.25) is 4.79 Å². The van der Waals surface area contributed by atoms with Gasteiger partial charge in [0.1, 0.15) is 12.4 Å². The van der Waals surface area contributed by atoms with E-state index in [1.807, 2.05) is 65.6 Å². The van der Waals surface area contributed by atoms with Crippen molar-refractivity contribution in [3.05, 3.63) is 121 Å². The van der Waals surface area contributed by atoms with Gasteiger partial charge < -0.3 is 9.64 Å². The zero-order valence-corrected chi connectivity index (χ0v) is 20.8. The highest BCUT2D eigenvalue weighted by molar-refractivity contribution is 6.18. The minimum Gasteiger partial charge on any atom is -0.489 e. The number of piperidine rings is 1. The Morgan fingerprint density at radius 2 is 1.74 bits per heavy atom. The smallest absolute Gasteiger partial charge is 0.254 e. The molecule has 3 aromatic rings. The molecule has 1 saturated heterocycles. The third-order valence-electron chi connectivity index (χ3n) is 7.48. The molecule has 0 spiro atoms. The maximum atomic E-state index is 13.5. The molecule has 3 heteroatoms. The number of benzene rings is 3. The highest BCUT2D eigenvalue weighted by Gasteiger charge is 2.44. The van der Waals surface area contributed by atoms with Crippen molar-refractivity contribution in [2.24, 2.45) is 5.92 Å². The van der Waals surface area contributed by atoms with Crippen molar-refractivity contribution in [3.63, 3.8) is 0 Å². The van der Waals surface area contributed by atoms with Gasteiger partial charge in [0.05, 0.1) is 0 Å². The fourth-order valence-electron chi connectivity index (χ4n) is 5.12. The van der Waals surface area contributed by atoms with Gasteiger partial charge in [0.15, 0.2) is 0 Å². The van der Waals surface area contributed by atoms with Crippen LogP contribution >= 0.6 is 0 Å². The normalized spacial score (nSPS) is 21.8. The van der Waals surface area contributed by atoms with E-state index in [9.17, 15) is 4.79 Å². The zero-order valence-electron chi connectivity index (χ0n) is 20.8. The molecule has 180 valence electrons. The van der Waals surface area contributed by atoms with Crippen LogP contribution in [-0.4, -0.2) is 23.4 Å². The summed E-state index contributed by atoms with van der Waals surface area (Å²) in [4.78, 5) is 15.5. The zero-order chi connectivity index (χ0) is 24.8. The summed E-state index contributed by atoms with van der Waals surface area (Å²) in [6, 6.07) is 28.5. The average molecular weight is 466 g/mol. The number of carbonyl (C=O) groups excluding carboxylic acids is 1. The molecule has 1 amide bonds. The first-order chi connectivity index (χ1) is 16.9. The molecule has 0 radical (unpaired) electrons. The summed E-state index contributed by atoms with van der Waals surface area (Å²) < 4.78 is 6.13. The number of ether oxygens (including phenoxy) is 1. The molecule has 3 aromatic carbocycles. The number of nitrogens with zero attached hydrogens (tertiary/aromatic N) is 1. The van der Waals surface area contributed by atoms with Crippen molar-refractivity contribution in [1.82, 2.24) is 4.90 Å². The van der Waals surface area contributed by atoms with Gasteiger partial charge in [-0.1, -0.05) is 99.3 Å². The van der Waals surface area contributed by atoms with Crippen molar-refractivity contribution in [2.45, 2.75) is 44.8 Å². The lowest BCUT2D eigenvalue weighted by Crippen LogP contribution is -2.54. The molecule has 3 nitrogen and oxygen atoms in total. The lowest BCUT2D eigenvalue weighted by atomic mass is 9.65. The van der Waals surface area contributed by atoms with Gasteiger partial charge in [0.2, 0.25) is 0 Å². The Hall–Kier alpha value is -3.59. The second-order valence-corrected chi connectivity index (χ2v) is 9.81. The van der Waals surface area contributed by atoms with E-state index < -0.39 is 0 Å². The Bertz CT molecular complexity index is 1170. The lowest BCUT2D eigenvalue weighted by Gasteiger charge is -2.49. The van der Waals surface area contributed by atoms with E-state index in [2.05, 4.69) is 57.3 Å². The number of rotatable bonds is 8. The van der Waals surface area contributed by atoms with Gasteiger partial charge in [-0.25, -0.2) is 0 Å². The summed E-state index contributed by atoms with van der Waals surface area (Å²) in [5, 5.41) is 0. The highest BCUT2D eigenvalue weighted by Crippen LogP contribution is 2.44. The largest absolute Gasteiger partial charge is 0.489 e. The van der Waals surface area contributed by atoms with Crippen LogP contribution in [0.1, 0.15) is 43.4 Å². The molecule has 2 unspecified atom stereocenters. The van der Waals surface area contributed by atoms with Crippen LogP contribution in [0.2, 0.25) is 0 Å². The molecular weight excluding hydrogens is 430 g/mol. The van der Waals surface area contributed by atoms with Gasteiger partial charge in [0, 0.05) is 18.2 Å². The Morgan fingerprint density at radius 3 is 2.43 bits per heavy atom. The molecule has 0 N–H and O–H groups in total. The summed E-state index contributed by atoms with van der Waals surface area (Å²) in [7, 11) is 0. The van der Waals surface area contributed by atoms with E-state index in [0.29, 0.717) is 18.7 Å². The summed E-state index contributed by atoms with van der Waals surface area (Å²) in [5.74, 6) is 1.15. The Balaban J connectivity index is 1.54. The second-order valence-electron chi connectivity index (χ2n) is 9.81. The Kier molecular flexibility index (Phi) is 7.55. The lowest BCUT2D eigenvalue weighted by molar-refractivity contribution is -0.131. The van der Waals surface area contributed by atoms with Crippen molar-refractivity contribution in [1.29, 1.82) is 0 Å². The molecule has 1 heterocycles. The van der Waals surface area contributed by atoms with E-state index in [0.717, 1.165) is 29.7 Å². The molecule has 1 fully saturated rings. The molecule has 3 atom stereocenters. The molecular formula is C32H35NO2. The molecule has 1 aliphatic heterocycles. The van der Waals surface area contributed by atoms with E-state index >= 15 is 0 Å². The first-order valence-corrected chi connectivity index (χ1v) is 12.4. The number of likely N-dealkylation sites (tertiary alicyclic amines) is 1. The minimum absolute atomic E-state index is 0.0110. The summed E-state index contributed by atoms with van der Waals surface area (Å²) >= 11 is 0. The van der Waals surface area contributed by atoms with Crippen LogP contribution < -0.4 is 4.74 Å². The molecule has 0 saturated carbocycles. The van der Waals surface area contributed by atoms with Crippen molar-refractivity contribution in [2.75, 3.05) is 6.54 Å². The molecule has 0 aromatic heterocycles. The van der Waals surface area contributed by atoms with E-state index in [1.165, 1.54) is 5.56 Å². The predicted molar refractivity (Wildman–Crippen MR) is 144 cm³/mol. The molecule has 0 bridgehead atoms. The molecule has 35 heavy (non-hydrogen) atoms. The number of hydrogen-bond acceptors (Lipinski definition) is 2. The summed E-state index contributed by atoms with van der Waals surface area (Å²) in [6.45, 7) is 13.9. The van der Waals surface area contributed by atoms with E-state index in [4.69, 9.17) is 4.74 Å². The van der Waals surface area contributed by atoms with Crippen molar-refractivity contribution >= 4 is 11.5 Å². The SMILES string of the molecule is C=CCC1C[C@@](C)(c2cccc(OCc3ccccc3)c2)C(C)CN1C(=O)C(=C)c1ccccc1. The van der Waals surface area contributed by atoms with Crippen LogP contribution in [0.5, 0.6) is 5.75 Å². The predicted octanol–water partition coefficient (Wildman–Crippen LogP) is 7.05. The van der Waals surface area contributed by atoms with Crippen LogP contribution in [0.3, 0.4) is 0 Å². The van der Waals surface area contributed by atoms with Gasteiger partial charge in [-0.05, 0) is 53.0 Å². The van der Waals surface area contributed by atoms with Crippen LogP contribution in [0.25, 0.3) is 5.57 Å². The van der Waals surface area contributed by atoms with Crippen LogP contribution in [-0.2, 0) is 16.8 Å². The molecule has 4 rings (SSSR count). The van der Waals surface area contributed by atoms with Gasteiger partial charge in [-0.15, -0.1) is 6.58 Å². The minimum atomic E-state index is -0.0926. The van der Waals surface area contributed by atoms with Crippen LogP contribution in [0, 0.1) is 5.92 Å². The molecule has 1 aliphatic rings. The fourth-order valence-corrected chi connectivity index (χ4v) is 5.12. The maximum Gasteiger partial charge on any atom is 0.254 e. The number of amides is 1. The van der Waals surface area contributed by atoms with Crippen molar-refractivity contribution in [3.8, 4) is 5.75 Å². The quantitative estimate of drug-likeness (QED) is 0.263. The summed E-state index contributed by atoms with van der Waals surface area (Å²) in [5.41, 5.74) is 3.73.